The number of halogens is 1. The van der Waals surface area contributed by atoms with Crippen LogP contribution in [-0.4, -0.2) is 29.7 Å². The van der Waals surface area contributed by atoms with E-state index in [4.69, 9.17) is 21.1 Å². The molecule has 0 atom stereocenters. The van der Waals surface area contributed by atoms with Gasteiger partial charge in [-0.15, -0.1) is 11.6 Å². The summed E-state index contributed by atoms with van der Waals surface area (Å²) in [5.41, 5.74) is 0.558. The fourth-order valence-electron chi connectivity index (χ4n) is 1.39. The molecule has 0 saturated heterocycles. The van der Waals surface area contributed by atoms with Crippen LogP contribution in [0.2, 0.25) is 0 Å². The largest absolute Gasteiger partial charge is 0.493 e. The lowest BCUT2D eigenvalue weighted by Crippen LogP contribution is -2.19. The highest BCUT2D eigenvalue weighted by Gasteiger charge is 2.18. The van der Waals surface area contributed by atoms with Crippen LogP contribution in [0, 0.1) is 0 Å². The smallest absolute Gasteiger partial charge is 0.240 e. The van der Waals surface area contributed by atoms with Crippen molar-refractivity contribution in [2.45, 2.75) is 10.8 Å². The molecule has 0 bridgehead atoms. The van der Waals surface area contributed by atoms with Crippen LogP contribution < -0.4 is 14.2 Å². The zero-order chi connectivity index (χ0) is 13.1. The third-order valence-electron chi connectivity index (χ3n) is 2.25. The SMILES string of the molecule is CNS(=O)(=O)c1cc(CCl)c(OC)c(OC)c1. The van der Waals surface area contributed by atoms with Crippen LogP contribution in [0.3, 0.4) is 0 Å². The van der Waals surface area contributed by atoms with Crippen molar-refractivity contribution in [2.24, 2.45) is 0 Å². The van der Waals surface area contributed by atoms with Crippen LogP contribution in [0.4, 0.5) is 0 Å². The van der Waals surface area contributed by atoms with Gasteiger partial charge in [-0.2, -0.15) is 0 Å². The van der Waals surface area contributed by atoms with E-state index in [-0.39, 0.29) is 10.8 Å². The van der Waals surface area contributed by atoms with Gasteiger partial charge in [0, 0.05) is 11.6 Å². The Hall–Kier alpha value is -0.980. The van der Waals surface area contributed by atoms with Crippen molar-refractivity contribution in [1.82, 2.24) is 4.72 Å². The van der Waals surface area contributed by atoms with Crippen molar-refractivity contribution in [3.8, 4) is 11.5 Å². The molecule has 0 aliphatic rings. The normalized spacial score (nSPS) is 11.3. The van der Waals surface area contributed by atoms with Gasteiger partial charge >= 0.3 is 0 Å². The van der Waals surface area contributed by atoms with E-state index in [0.29, 0.717) is 17.1 Å². The van der Waals surface area contributed by atoms with Gasteiger partial charge in [-0.05, 0) is 13.1 Å². The van der Waals surface area contributed by atoms with E-state index < -0.39 is 10.0 Å². The number of methoxy groups -OCH3 is 2. The summed E-state index contributed by atoms with van der Waals surface area (Å²) in [6.45, 7) is 0. The molecule has 0 aliphatic carbocycles. The lowest BCUT2D eigenvalue weighted by atomic mass is 10.2. The number of rotatable bonds is 5. The Morgan fingerprint density at radius 1 is 1.29 bits per heavy atom. The lowest BCUT2D eigenvalue weighted by Gasteiger charge is -2.13. The van der Waals surface area contributed by atoms with E-state index in [2.05, 4.69) is 4.72 Å². The maximum Gasteiger partial charge on any atom is 0.240 e. The van der Waals surface area contributed by atoms with Crippen molar-refractivity contribution in [1.29, 1.82) is 0 Å². The fraction of sp³-hybridized carbons (Fsp3) is 0.400. The minimum Gasteiger partial charge on any atom is -0.493 e. The molecule has 1 aromatic carbocycles. The van der Waals surface area contributed by atoms with Crippen LogP contribution in [-0.2, 0) is 15.9 Å². The predicted octanol–water partition coefficient (Wildman–Crippen LogP) is 1.35. The van der Waals surface area contributed by atoms with E-state index in [1.807, 2.05) is 0 Å². The summed E-state index contributed by atoms with van der Waals surface area (Å²) in [6, 6.07) is 2.85. The average molecular weight is 280 g/mol. The van der Waals surface area contributed by atoms with Crippen LogP contribution in [0.5, 0.6) is 11.5 Å². The number of hydrogen-bond donors (Lipinski definition) is 1. The number of benzene rings is 1. The van der Waals surface area contributed by atoms with Gasteiger partial charge < -0.3 is 9.47 Å². The summed E-state index contributed by atoms with van der Waals surface area (Å²) in [6.07, 6.45) is 0. The summed E-state index contributed by atoms with van der Waals surface area (Å²) in [7, 11) is 0.716. The Morgan fingerprint density at radius 3 is 2.35 bits per heavy atom. The predicted molar refractivity (Wildman–Crippen MR) is 65.3 cm³/mol. The zero-order valence-corrected chi connectivity index (χ0v) is 11.4. The molecule has 1 N–H and O–H groups in total. The highest BCUT2D eigenvalue weighted by Crippen LogP contribution is 2.34. The van der Waals surface area contributed by atoms with Gasteiger partial charge in [0.25, 0.3) is 0 Å². The number of alkyl halides is 1. The van der Waals surface area contributed by atoms with Crippen LogP contribution >= 0.6 is 11.6 Å². The van der Waals surface area contributed by atoms with Crippen LogP contribution in [0.15, 0.2) is 17.0 Å². The Bertz CT molecular complexity index is 476. The first-order valence-corrected chi connectivity index (χ1v) is 6.76. The first-order chi connectivity index (χ1) is 8.00. The molecule has 0 fully saturated rings. The quantitative estimate of drug-likeness (QED) is 0.827. The summed E-state index contributed by atoms with van der Waals surface area (Å²) in [5, 5.41) is 0. The molecule has 1 rings (SSSR count). The van der Waals surface area contributed by atoms with Gasteiger partial charge in [0.05, 0.1) is 25.0 Å². The van der Waals surface area contributed by atoms with Gasteiger partial charge in [0.2, 0.25) is 10.0 Å². The highest BCUT2D eigenvalue weighted by molar-refractivity contribution is 7.89. The topological polar surface area (TPSA) is 64.6 Å². The molecule has 0 heterocycles. The second-order valence-corrected chi connectivity index (χ2v) is 5.31. The first kappa shape index (κ1) is 14.1. The van der Waals surface area contributed by atoms with E-state index in [1.165, 1.54) is 33.4 Å². The summed E-state index contributed by atoms with van der Waals surface area (Å²) >= 11 is 5.75. The molecule has 0 unspecified atom stereocenters. The zero-order valence-electron chi connectivity index (χ0n) is 9.78. The van der Waals surface area contributed by atoms with Gasteiger partial charge in [-0.1, -0.05) is 0 Å². The molecule has 0 aliphatic heterocycles. The second kappa shape index (κ2) is 5.57. The molecule has 17 heavy (non-hydrogen) atoms. The number of nitrogens with one attached hydrogen (secondary N) is 1. The maximum absolute atomic E-state index is 11.7. The standard InChI is InChI=1S/C10H14ClNO4S/c1-12-17(13,14)8-4-7(6-11)10(16-3)9(5-8)15-2/h4-5,12H,6H2,1-3H3. The number of ether oxygens (including phenoxy) is 2. The average Bonchev–Trinajstić information content (AvgIpc) is 2.36. The molecular weight excluding hydrogens is 266 g/mol. The van der Waals surface area contributed by atoms with Crippen LogP contribution in [0.25, 0.3) is 0 Å². The lowest BCUT2D eigenvalue weighted by molar-refractivity contribution is 0.351. The second-order valence-electron chi connectivity index (χ2n) is 3.16. The molecule has 7 heteroatoms. The monoisotopic (exact) mass is 279 g/mol. The maximum atomic E-state index is 11.7. The fourth-order valence-corrected chi connectivity index (χ4v) is 2.38. The Kier molecular flexibility index (Phi) is 4.62. The van der Waals surface area contributed by atoms with E-state index in [9.17, 15) is 8.42 Å². The summed E-state index contributed by atoms with van der Waals surface area (Å²) < 4.78 is 35.8. The van der Waals surface area contributed by atoms with Gasteiger partial charge in [0.15, 0.2) is 11.5 Å². The molecule has 0 spiro atoms. The minimum absolute atomic E-state index is 0.0910. The van der Waals surface area contributed by atoms with Crippen LogP contribution in [0.1, 0.15) is 5.56 Å². The van der Waals surface area contributed by atoms with Crippen molar-refractivity contribution < 1.29 is 17.9 Å². The first-order valence-electron chi connectivity index (χ1n) is 4.74. The van der Waals surface area contributed by atoms with Crippen molar-refractivity contribution in [3.63, 3.8) is 0 Å². The third kappa shape index (κ3) is 2.83. The van der Waals surface area contributed by atoms with Crippen molar-refractivity contribution in [3.05, 3.63) is 17.7 Å². The Balaban J connectivity index is 3.48. The number of sulfonamides is 1. The van der Waals surface area contributed by atoms with E-state index in [1.54, 1.807) is 0 Å². The molecule has 0 radical (unpaired) electrons. The molecule has 0 saturated carbocycles. The van der Waals surface area contributed by atoms with Crippen molar-refractivity contribution in [2.75, 3.05) is 21.3 Å². The molecule has 5 nitrogen and oxygen atoms in total. The number of hydrogen-bond acceptors (Lipinski definition) is 4. The van der Waals surface area contributed by atoms with Gasteiger partial charge in [-0.25, -0.2) is 13.1 Å². The molecule has 96 valence electrons. The Morgan fingerprint density at radius 2 is 1.94 bits per heavy atom. The molecular formula is C10H14ClNO4S. The summed E-state index contributed by atoms with van der Waals surface area (Å²) in [5.74, 6) is 0.907. The molecule has 1 aromatic rings. The Labute approximate surface area is 106 Å². The van der Waals surface area contributed by atoms with E-state index in [0.717, 1.165) is 0 Å². The molecule has 0 aromatic heterocycles. The highest BCUT2D eigenvalue weighted by atomic mass is 35.5. The third-order valence-corrected chi connectivity index (χ3v) is 3.93. The van der Waals surface area contributed by atoms with E-state index >= 15 is 0 Å². The van der Waals surface area contributed by atoms with Gasteiger partial charge in [-0.3, -0.25) is 0 Å². The summed E-state index contributed by atoms with van der Waals surface area (Å²) in [4.78, 5) is 0.0910. The minimum atomic E-state index is -3.53. The van der Waals surface area contributed by atoms with Gasteiger partial charge in [0.1, 0.15) is 0 Å². The van der Waals surface area contributed by atoms with Crippen molar-refractivity contribution >= 4 is 21.6 Å². The molecule has 0 amide bonds.